The Kier molecular flexibility index (Phi) is 3.05. The smallest absolute Gasteiger partial charge is 0.140 e. The van der Waals surface area contributed by atoms with Gasteiger partial charge < -0.3 is 10.6 Å². The number of nitrogens with zero attached hydrogens (tertiary/aromatic N) is 3. The van der Waals surface area contributed by atoms with E-state index in [4.69, 9.17) is 4.98 Å². The summed E-state index contributed by atoms with van der Waals surface area (Å²) in [6.45, 7) is 2.05. The molecule has 0 bridgehead atoms. The number of aromatic nitrogens is 3. The lowest BCUT2D eigenvalue weighted by atomic mass is 10.2. The molecule has 4 heterocycles. The number of nitrogens with one attached hydrogen (secondary N) is 2. The minimum absolute atomic E-state index is 0.438. The summed E-state index contributed by atoms with van der Waals surface area (Å²) in [6.07, 6.45) is 4.97. The number of rotatable bonds is 3. The van der Waals surface area contributed by atoms with Gasteiger partial charge in [-0.1, -0.05) is 12.1 Å². The molecule has 5 heteroatoms. The standard InChI is InChI=1S/C16H17N5/c1-3-8-18-13(5-1)15-16(19-12-7-9-17-11-12)21-10-4-2-6-14(21)20-15/h1-6,8,10,12,17,19H,7,9,11H2. The molecule has 1 aliphatic heterocycles. The molecule has 0 spiro atoms. The zero-order valence-corrected chi connectivity index (χ0v) is 11.7. The van der Waals surface area contributed by atoms with Gasteiger partial charge in [0, 0.05) is 25.0 Å². The van der Waals surface area contributed by atoms with Gasteiger partial charge >= 0.3 is 0 Å². The molecule has 1 saturated heterocycles. The summed E-state index contributed by atoms with van der Waals surface area (Å²) >= 11 is 0. The zero-order valence-electron chi connectivity index (χ0n) is 11.7. The molecule has 2 N–H and O–H groups in total. The Morgan fingerprint density at radius 3 is 2.95 bits per heavy atom. The molecule has 1 aliphatic rings. The SMILES string of the molecule is c1ccc(-c2nc3ccccn3c2NC2CCNC2)nc1. The maximum absolute atomic E-state index is 4.74. The van der Waals surface area contributed by atoms with Crippen molar-refractivity contribution in [2.75, 3.05) is 18.4 Å². The largest absolute Gasteiger partial charge is 0.365 e. The Morgan fingerprint density at radius 1 is 1.19 bits per heavy atom. The van der Waals surface area contributed by atoms with Crippen LogP contribution in [0.2, 0.25) is 0 Å². The summed E-state index contributed by atoms with van der Waals surface area (Å²) in [5, 5.41) is 7.01. The van der Waals surface area contributed by atoms with Gasteiger partial charge in [-0.2, -0.15) is 0 Å². The van der Waals surface area contributed by atoms with Crippen LogP contribution < -0.4 is 10.6 Å². The fourth-order valence-electron chi connectivity index (χ4n) is 2.79. The van der Waals surface area contributed by atoms with E-state index in [2.05, 4.69) is 20.0 Å². The molecule has 1 unspecified atom stereocenters. The minimum Gasteiger partial charge on any atom is -0.365 e. The number of anilines is 1. The maximum atomic E-state index is 4.74. The average molecular weight is 279 g/mol. The predicted molar refractivity (Wildman–Crippen MR) is 83.3 cm³/mol. The lowest BCUT2D eigenvalue weighted by Gasteiger charge is -2.13. The third kappa shape index (κ3) is 2.25. The van der Waals surface area contributed by atoms with E-state index in [9.17, 15) is 0 Å². The topological polar surface area (TPSA) is 54.2 Å². The van der Waals surface area contributed by atoms with Crippen molar-refractivity contribution in [1.29, 1.82) is 0 Å². The number of imidazole rings is 1. The van der Waals surface area contributed by atoms with Crippen LogP contribution in [0.5, 0.6) is 0 Å². The summed E-state index contributed by atoms with van der Waals surface area (Å²) in [4.78, 5) is 9.19. The molecule has 0 saturated carbocycles. The van der Waals surface area contributed by atoms with E-state index in [1.165, 1.54) is 0 Å². The normalized spacial score (nSPS) is 18.2. The van der Waals surface area contributed by atoms with Gasteiger partial charge in [-0.05, 0) is 37.2 Å². The highest BCUT2D eigenvalue weighted by molar-refractivity contribution is 5.74. The van der Waals surface area contributed by atoms with E-state index in [-0.39, 0.29) is 0 Å². The highest BCUT2D eigenvalue weighted by atomic mass is 15.2. The molecular formula is C16H17N5. The fraction of sp³-hybridized carbons (Fsp3) is 0.250. The third-order valence-electron chi connectivity index (χ3n) is 3.84. The average Bonchev–Trinajstić information content (AvgIpc) is 3.17. The van der Waals surface area contributed by atoms with Crippen molar-refractivity contribution in [2.24, 2.45) is 0 Å². The van der Waals surface area contributed by atoms with Crippen LogP contribution in [0.4, 0.5) is 5.82 Å². The molecule has 5 nitrogen and oxygen atoms in total. The first-order valence-corrected chi connectivity index (χ1v) is 7.27. The second-order valence-corrected chi connectivity index (χ2v) is 5.29. The first kappa shape index (κ1) is 12.3. The Bertz CT molecular complexity index is 744. The second kappa shape index (κ2) is 5.18. The number of hydrogen-bond acceptors (Lipinski definition) is 4. The van der Waals surface area contributed by atoms with Crippen LogP contribution in [0.25, 0.3) is 17.0 Å². The van der Waals surface area contributed by atoms with Crippen molar-refractivity contribution in [3.8, 4) is 11.4 Å². The van der Waals surface area contributed by atoms with Crippen molar-refractivity contribution < 1.29 is 0 Å². The van der Waals surface area contributed by atoms with Crippen LogP contribution in [0.15, 0.2) is 48.8 Å². The maximum Gasteiger partial charge on any atom is 0.140 e. The van der Waals surface area contributed by atoms with Gasteiger partial charge in [0.05, 0.1) is 5.69 Å². The third-order valence-corrected chi connectivity index (χ3v) is 3.84. The molecule has 0 aromatic carbocycles. The van der Waals surface area contributed by atoms with Crippen molar-refractivity contribution >= 4 is 11.5 Å². The van der Waals surface area contributed by atoms with Crippen LogP contribution in [0.3, 0.4) is 0 Å². The van der Waals surface area contributed by atoms with Crippen molar-refractivity contribution in [3.05, 3.63) is 48.8 Å². The van der Waals surface area contributed by atoms with E-state index in [0.717, 1.165) is 42.4 Å². The molecule has 0 amide bonds. The fourth-order valence-corrected chi connectivity index (χ4v) is 2.79. The summed E-state index contributed by atoms with van der Waals surface area (Å²) in [5.74, 6) is 1.03. The van der Waals surface area contributed by atoms with Crippen molar-refractivity contribution in [3.63, 3.8) is 0 Å². The lowest BCUT2D eigenvalue weighted by molar-refractivity contribution is 0.786. The van der Waals surface area contributed by atoms with E-state index in [1.807, 2.05) is 42.6 Å². The zero-order chi connectivity index (χ0) is 14.1. The van der Waals surface area contributed by atoms with E-state index in [1.54, 1.807) is 6.20 Å². The Balaban J connectivity index is 1.84. The number of fused-ring (bicyclic) bond motifs is 1. The summed E-state index contributed by atoms with van der Waals surface area (Å²) < 4.78 is 2.10. The summed E-state index contributed by atoms with van der Waals surface area (Å²) in [6, 6.07) is 12.4. The Morgan fingerprint density at radius 2 is 2.14 bits per heavy atom. The van der Waals surface area contributed by atoms with Gasteiger partial charge in [0.15, 0.2) is 0 Å². The highest BCUT2D eigenvalue weighted by Crippen LogP contribution is 2.28. The minimum atomic E-state index is 0.438. The van der Waals surface area contributed by atoms with Crippen LogP contribution in [-0.4, -0.2) is 33.5 Å². The molecule has 21 heavy (non-hydrogen) atoms. The highest BCUT2D eigenvalue weighted by Gasteiger charge is 2.20. The molecule has 106 valence electrons. The van der Waals surface area contributed by atoms with Gasteiger partial charge in [-0.25, -0.2) is 4.98 Å². The monoisotopic (exact) mass is 279 g/mol. The van der Waals surface area contributed by atoms with Crippen LogP contribution in [-0.2, 0) is 0 Å². The van der Waals surface area contributed by atoms with Gasteiger partial charge in [0.1, 0.15) is 17.2 Å². The molecular weight excluding hydrogens is 262 g/mol. The quantitative estimate of drug-likeness (QED) is 0.771. The van der Waals surface area contributed by atoms with E-state index >= 15 is 0 Å². The first-order valence-electron chi connectivity index (χ1n) is 7.27. The Hall–Kier alpha value is -2.40. The van der Waals surface area contributed by atoms with Crippen molar-refractivity contribution in [2.45, 2.75) is 12.5 Å². The van der Waals surface area contributed by atoms with Gasteiger partial charge in [-0.3, -0.25) is 9.38 Å². The van der Waals surface area contributed by atoms with E-state index < -0.39 is 0 Å². The molecule has 3 aromatic heterocycles. The first-order chi connectivity index (χ1) is 10.4. The predicted octanol–water partition coefficient (Wildman–Crippen LogP) is 2.17. The molecule has 3 aromatic rings. The molecule has 1 fully saturated rings. The summed E-state index contributed by atoms with van der Waals surface area (Å²) in [5.41, 5.74) is 2.75. The lowest BCUT2D eigenvalue weighted by Crippen LogP contribution is -2.23. The Labute approximate surface area is 123 Å². The second-order valence-electron chi connectivity index (χ2n) is 5.29. The summed E-state index contributed by atoms with van der Waals surface area (Å²) in [7, 11) is 0. The van der Waals surface area contributed by atoms with Crippen LogP contribution in [0.1, 0.15) is 6.42 Å². The van der Waals surface area contributed by atoms with Crippen LogP contribution >= 0.6 is 0 Å². The molecule has 0 radical (unpaired) electrons. The van der Waals surface area contributed by atoms with Crippen molar-refractivity contribution in [1.82, 2.24) is 19.7 Å². The van der Waals surface area contributed by atoms with Crippen LogP contribution in [0, 0.1) is 0 Å². The van der Waals surface area contributed by atoms with Gasteiger partial charge in [0.2, 0.25) is 0 Å². The number of hydrogen-bond donors (Lipinski definition) is 2. The molecule has 1 atom stereocenters. The van der Waals surface area contributed by atoms with Gasteiger partial charge in [-0.15, -0.1) is 0 Å². The number of pyridine rings is 2. The van der Waals surface area contributed by atoms with E-state index in [0.29, 0.717) is 6.04 Å². The molecule has 4 rings (SSSR count). The molecule has 0 aliphatic carbocycles. The van der Waals surface area contributed by atoms with Gasteiger partial charge in [0.25, 0.3) is 0 Å².